The van der Waals surface area contributed by atoms with Crippen LogP contribution in [-0.4, -0.2) is 11.7 Å². The highest BCUT2D eigenvalue weighted by Crippen LogP contribution is 2.29. The second-order valence-electron chi connectivity index (χ2n) is 6.89. The second-order valence-corrected chi connectivity index (χ2v) is 6.89. The highest BCUT2D eigenvalue weighted by atomic mass is 16.5. The van der Waals surface area contributed by atoms with Gasteiger partial charge in [0.1, 0.15) is 5.75 Å². The third-order valence-corrected chi connectivity index (χ3v) is 5.28. The minimum Gasteiger partial charge on any atom is -0.497 e. The molecule has 2 nitrogen and oxygen atoms in total. The summed E-state index contributed by atoms with van der Waals surface area (Å²) in [6.07, 6.45) is 9.11. The van der Waals surface area contributed by atoms with Crippen molar-refractivity contribution >= 4 is 10.9 Å². The van der Waals surface area contributed by atoms with Gasteiger partial charge in [-0.15, -0.1) is 0 Å². The van der Waals surface area contributed by atoms with Crippen molar-refractivity contribution in [2.45, 2.75) is 38.6 Å². The number of ether oxygens (including phenoxy) is 1. The van der Waals surface area contributed by atoms with Crippen LogP contribution in [0.25, 0.3) is 22.0 Å². The molecule has 0 atom stereocenters. The fourth-order valence-corrected chi connectivity index (χ4v) is 3.88. The lowest BCUT2D eigenvalue weighted by Crippen LogP contribution is -2.13. The number of methoxy groups -OCH3 is 1. The van der Waals surface area contributed by atoms with Crippen LogP contribution in [0.3, 0.4) is 0 Å². The SMILES string of the molecule is COc1ccc(-c2ccc3c([c]cn3CC3CCCCC3)c2)cc1. The topological polar surface area (TPSA) is 14.2 Å². The van der Waals surface area contributed by atoms with Crippen molar-refractivity contribution in [1.82, 2.24) is 4.57 Å². The highest BCUT2D eigenvalue weighted by molar-refractivity contribution is 5.85. The van der Waals surface area contributed by atoms with Crippen molar-refractivity contribution < 1.29 is 4.74 Å². The maximum atomic E-state index is 5.24. The Morgan fingerprint density at radius 3 is 2.50 bits per heavy atom. The molecule has 1 aliphatic carbocycles. The van der Waals surface area contributed by atoms with E-state index in [0.717, 1.165) is 18.2 Å². The molecule has 0 bridgehead atoms. The zero-order chi connectivity index (χ0) is 16.4. The van der Waals surface area contributed by atoms with Crippen molar-refractivity contribution in [3.63, 3.8) is 0 Å². The van der Waals surface area contributed by atoms with Gasteiger partial charge in [0, 0.05) is 29.7 Å². The van der Waals surface area contributed by atoms with Gasteiger partial charge in [-0.3, -0.25) is 0 Å². The first kappa shape index (κ1) is 15.3. The first-order chi connectivity index (χ1) is 11.8. The summed E-state index contributed by atoms with van der Waals surface area (Å²) in [5.41, 5.74) is 3.75. The van der Waals surface area contributed by atoms with Gasteiger partial charge in [-0.2, -0.15) is 0 Å². The van der Waals surface area contributed by atoms with Gasteiger partial charge in [-0.1, -0.05) is 37.5 Å². The number of nitrogens with zero attached hydrogens (tertiary/aromatic N) is 1. The molecule has 1 aliphatic rings. The molecule has 0 saturated heterocycles. The average Bonchev–Trinajstić information content (AvgIpc) is 3.05. The quantitative estimate of drug-likeness (QED) is 0.602. The smallest absolute Gasteiger partial charge is 0.118 e. The molecule has 0 unspecified atom stereocenters. The van der Waals surface area contributed by atoms with E-state index in [1.165, 1.54) is 54.1 Å². The predicted molar refractivity (Wildman–Crippen MR) is 99.3 cm³/mol. The summed E-state index contributed by atoms with van der Waals surface area (Å²) < 4.78 is 7.63. The first-order valence-corrected chi connectivity index (χ1v) is 8.98. The van der Waals surface area contributed by atoms with E-state index < -0.39 is 0 Å². The Kier molecular flexibility index (Phi) is 4.29. The molecule has 3 aromatic rings. The lowest BCUT2D eigenvalue weighted by Gasteiger charge is -2.22. The second kappa shape index (κ2) is 6.72. The third-order valence-electron chi connectivity index (χ3n) is 5.28. The summed E-state index contributed by atoms with van der Waals surface area (Å²) in [7, 11) is 1.70. The summed E-state index contributed by atoms with van der Waals surface area (Å²) in [6.45, 7) is 1.14. The molecule has 1 heterocycles. The molecule has 0 spiro atoms. The van der Waals surface area contributed by atoms with Gasteiger partial charge >= 0.3 is 0 Å². The van der Waals surface area contributed by atoms with E-state index in [1.807, 2.05) is 12.1 Å². The summed E-state index contributed by atoms with van der Waals surface area (Å²) in [5, 5.41) is 1.21. The van der Waals surface area contributed by atoms with Crippen molar-refractivity contribution in [3.8, 4) is 16.9 Å². The van der Waals surface area contributed by atoms with Gasteiger partial charge in [-0.25, -0.2) is 0 Å². The number of fused-ring (bicyclic) bond motifs is 1. The minimum atomic E-state index is 0.837. The fraction of sp³-hybridized carbons (Fsp3) is 0.364. The third kappa shape index (κ3) is 3.06. The summed E-state index contributed by atoms with van der Waals surface area (Å²) in [4.78, 5) is 0. The van der Waals surface area contributed by atoms with Crippen LogP contribution in [0.15, 0.2) is 48.7 Å². The van der Waals surface area contributed by atoms with E-state index in [9.17, 15) is 0 Å². The maximum absolute atomic E-state index is 5.24. The Morgan fingerprint density at radius 2 is 1.75 bits per heavy atom. The van der Waals surface area contributed by atoms with Gasteiger partial charge in [0.15, 0.2) is 0 Å². The summed E-state index contributed by atoms with van der Waals surface area (Å²) in [5.74, 6) is 1.73. The first-order valence-electron chi connectivity index (χ1n) is 8.98. The van der Waals surface area contributed by atoms with Crippen LogP contribution in [0.2, 0.25) is 0 Å². The van der Waals surface area contributed by atoms with Crippen molar-refractivity contribution in [1.29, 1.82) is 0 Å². The largest absolute Gasteiger partial charge is 0.497 e. The van der Waals surface area contributed by atoms with E-state index in [-0.39, 0.29) is 0 Å². The van der Waals surface area contributed by atoms with E-state index in [0.29, 0.717) is 0 Å². The van der Waals surface area contributed by atoms with Crippen LogP contribution in [-0.2, 0) is 6.54 Å². The van der Waals surface area contributed by atoms with E-state index >= 15 is 0 Å². The molecular weight excluding hydrogens is 294 g/mol. The summed E-state index contributed by atoms with van der Waals surface area (Å²) in [6, 6.07) is 18.4. The highest BCUT2D eigenvalue weighted by Gasteiger charge is 2.15. The van der Waals surface area contributed by atoms with Crippen LogP contribution < -0.4 is 4.74 Å². The Morgan fingerprint density at radius 1 is 1.00 bits per heavy atom. The van der Waals surface area contributed by atoms with Gasteiger partial charge in [0.25, 0.3) is 0 Å². The lowest BCUT2D eigenvalue weighted by molar-refractivity contribution is 0.322. The van der Waals surface area contributed by atoms with Gasteiger partial charge in [0.05, 0.1) is 7.11 Å². The Hall–Kier alpha value is -2.22. The molecule has 0 amide bonds. The van der Waals surface area contributed by atoms with Gasteiger partial charge < -0.3 is 9.30 Å². The minimum absolute atomic E-state index is 0.837. The van der Waals surface area contributed by atoms with Gasteiger partial charge in [-0.05, 0) is 54.2 Å². The van der Waals surface area contributed by atoms with E-state index in [4.69, 9.17) is 4.74 Å². The molecule has 0 N–H and O–H groups in total. The zero-order valence-electron chi connectivity index (χ0n) is 14.3. The van der Waals surface area contributed by atoms with Crippen molar-refractivity contribution in [2.24, 2.45) is 5.92 Å². The predicted octanol–water partition coefficient (Wildman–Crippen LogP) is 5.70. The average molecular weight is 318 g/mol. The fourth-order valence-electron chi connectivity index (χ4n) is 3.88. The molecule has 0 aliphatic heterocycles. The van der Waals surface area contributed by atoms with Crippen LogP contribution >= 0.6 is 0 Å². The van der Waals surface area contributed by atoms with Gasteiger partial charge in [0.2, 0.25) is 0 Å². The molecular formula is C22H24NO. The van der Waals surface area contributed by atoms with Crippen LogP contribution in [0.1, 0.15) is 32.1 Å². The van der Waals surface area contributed by atoms with E-state index in [1.54, 1.807) is 7.11 Å². The van der Waals surface area contributed by atoms with E-state index in [2.05, 4.69) is 47.2 Å². The molecule has 24 heavy (non-hydrogen) atoms. The summed E-state index contributed by atoms with van der Waals surface area (Å²) >= 11 is 0. The number of benzene rings is 2. The number of rotatable bonds is 4. The Balaban J connectivity index is 1.59. The normalized spacial score (nSPS) is 15.7. The monoisotopic (exact) mass is 318 g/mol. The molecule has 1 radical (unpaired) electrons. The molecule has 2 heteroatoms. The molecule has 1 saturated carbocycles. The number of aromatic nitrogens is 1. The van der Waals surface area contributed by atoms with Crippen LogP contribution in [0.5, 0.6) is 5.75 Å². The van der Waals surface area contributed by atoms with Crippen molar-refractivity contribution in [3.05, 3.63) is 54.7 Å². The lowest BCUT2D eigenvalue weighted by atomic mass is 9.89. The van der Waals surface area contributed by atoms with Crippen LogP contribution in [0.4, 0.5) is 0 Å². The Labute approximate surface area is 144 Å². The maximum Gasteiger partial charge on any atom is 0.118 e. The Bertz CT molecular complexity index is 810. The molecule has 1 fully saturated rings. The molecule has 4 rings (SSSR count). The molecule has 2 aromatic carbocycles. The van der Waals surface area contributed by atoms with Crippen molar-refractivity contribution in [2.75, 3.05) is 7.11 Å². The molecule has 123 valence electrons. The zero-order valence-corrected chi connectivity index (χ0v) is 14.3. The van der Waals surface area contributed by atoms with Crippen LogP contribution in [0, 0.1) is 12.0 Å². The standard InChI is InChI=1S/C22H24NO/c1-24-21-10-7-18(8-11-21)19-9-12-22-20(15-19)13-14-23(22)16-17-5-3-2-4-6-17/h7-12,14-15,17H,2-6,16H2,1H3. The molecule has 1 aromatic heterocycles. The number of hydrogen-bond donors (Lipinski definition) is 0. The number of hydrogen-bond acceptors (Lipinski definition) is 1.